The maximum Gasteiger partial charge on any atom is 0.0729 e. The smallest absolute Gasteiger partial charge is 0.0729 e. The molecule has 2 N–H and O–H groups in total. The summed E-state index contributed by atoms with van der Waals surface area (Å²) in [7, 11) is 0. The molecule has 0 aliphatic heterocycles. The molecule has 0 amide bonds. The summed E-state index contributed by atoms with van der Waals surface area (Å²) in [6.45, 7) is 3.93. The highest BCUT2D eigenvalue weighted by Gasteiger charge is 2.16. The Morgan fingerprint density at radius 1 is 1.64 bits per heavy atom. The Labute approximate surface area is 67.0 Å². The van der Waals surface area contributed by atoms with E-state index < -0.39 is 0 Å². The monoisotopic (exact) mass is 148 g/mol. The third kappa shape index (κ3) is 1.43. The van der Waals surface area contributed by atoms with Gasteiger partial charge in [0.25, 0.3) is 0 Å². The molecule has 1 aliphatic rings. The van der Waals surface area contributed by atoms with Gasteiger partial charge in [0.05, 0.1) is 12.0 Å². The zero-order chi connectivity index (χ0) is 8.43. The lowest BCUT2D eigenvalue weighted by atomic mass is 9.88. The van der Waals surface area contributed by atoms with Crippen LogP contribution in [0.5, 0.6) is 0 Å². The van der Waals surface area contributed by atoms with Crippen molar-refractivity contribution in [2.24, 2.45) is 11.7 Å². The molecular formula is C9H12N2. The van der Waals surface area contributed by atoms with Crippen LogP contribution in [0.1, 0.15) is 20.3 Å². The van der Waals surface area contributed by atoms with Crippen molar-refractivity contribution in [3.63, 3.8) is 0 Å². The Morgan fingerprint density at radius 2 is 2.27 bits per heavy atom. The third-order valence-corrected chi connectivity index (χ3v) is 2.06. The first kappa shape index (κ1) is 7.87. The van der Waals surface area contributed by atoms with Gasteiger partial charge in [-0.2, -0.15) is 5.26 Å². The van der Waals surface area contributed by atoms with E-state index in [4.69, 9.17) is 11.0 Å². The van der Waals surface area contributed by atoms with E-state index in [-0.39, 0.29) is 5.92 Å². The summed E-state index contributed by atoms with van der Waals surface area (Å²) in [5, 5.41) is 8.73. The van der Waals surface area contributed by atoms with Crippen LogP contribution in [0.2, 0.25) is 0 Å². The molecule has 0 saturated heterocycles. The summed E-state index contributed by atoms with van der Waals surface area (Å²) in [5.41, 5.74) is 8.66. The molecule has 0 spiro atoms. The molecule has 0 aromatic rings. The number of allylic oxidation sites excluding steroid dienone is 3. The van der Waals surface area contributed by atoms with Crippen LogP contribution < -0.4 is 5.73 Å². The third-order valence-electron chi connectivity index (χ3n) is 2.06. The van der Waals surface area contributed by atoms with Gasteiger partial charge in [0.15, 0.2) is 0 Å². The fraction of sp³-hybridized carbons (Fsp3) is 0.444. The van der Waals surface area contributed by atoms with Crippen molar-refractivity contribution >= 4 is 0 Å². The fourth-order valence-electron chi connectivity index (χ4n) is 1.26. The van der Waals surface area contributed by atoms with Crippen molar-refractivity contribution in [3.8, 4) is 6.07 Å². The molecule has 2 heteroatoms. The Balaban J connectivity index is 2.98. The van der Waals surface area contributed by atoms with E-state index in [1.54, 1.807) is 0 Å². The van der Waals surface area contributed by atoms with Crippen LogP contribution in [0.4, 0.5) is 0 Å². The van der Waals surface area contributed by atoms with Gasteiger partial charge in [-0.15, -0.1) is 0 Å². The minimum atomic E-state index is -0.000000000000000444. The van der Waals surface area contributed by atoms with Crippen molar-refractivity contribution < 1.29 is 0 Å². The minimum absolute atomic E-state index is 0.000000000000000444. The number of nitriles is 1. The number of nitrogens with two attached hydrogens (primary N) is 1. The number of hydrogen-bond acceptors (Lipinski definition) is 2. The Bertz CT molecular complexity index is 266. The molecule has 0 bridgehead atoms. The predicted octanol–water partition coefficient (Wildman–Crippen LogP) is 1.71. The first-order valence-electron chi connectivity index (χ1n) is 3.68. The average Bonchev–Trinajstić information content (AvgIpc) is 1.96. The highest BCUT2D eigenvalue weighted by molar-refractivity contribution is 5.34. The van der Waals surface area contributed by atoms with Gasteiger partial charge in [-0.1, -0.05) is 5.57 Å². The Kier molecular flexibility index (Phi) is 2.00. The molecule has 1 aliphatic carbocycles. The Hall–Kier alpha value is -1.23. The maximum absolute atomic E-state index is 8.73. The van der Waals surface area contributed by atoms with Gasteiger partial charge in [-0.3, -0.25) is 0 Å². The molecule has 0 aromatic carbocycles. The van der Waals surface area contributed by atoms with E-state index >= 15 is 0 Å². The summed E-state index contributed by atoms with van der Waals surface area (Å²) in [4.78, 5) is 0. The molecule has 0 fully saturated rings. The van der Waals surface area contributed by atoms with Crippen LogP contribution in [0, 0.1) is 17.2 Å². The zero-order valence-electron chi connectivity index (χ0n) is 6.89. The molecule has 0 radical (unpaired) electrons. The SMILES string of the molecule is CC1=CC(N)=C(C)C(C#N)C1. The largest absolute Gasteiger partial charge is 0.399 e. The van der Waals surface area contributed by atoms with Gasteiger partial charge in [0.2, 0.25) is 0 Å². The standard InChI is InChI=1S/C9H12N2/c1-6-3-8(5-10)7(2)9(11)4-6/h4,8H,3,11H2,1-2H3. The van der Waals surface area contributed by atoms with Gasteiger partial charge in [0, 0.05) is 5.70 Å². The maximum atomic E-state index is 8.73. The molecule has 1 unspecified atom stereocenters. The molecular weight excluding hydrogens is 136 g/mol. The van der Waals surface area contributed by atoms with Gasteiger partial charge in [-0.25, -0.2) is 0 Å². The summed E-state index contributed by atoms with van der Waals surface area (Å²) in [6, 6.07) is 2.24. The summed E-state index contributed by atoms with van der Waals surface area (Å²) in [6.07, 6.45) is 2.78. The van der Waals surface area contributed by atoms with Crippen molar-refractivity contribution in [1.29, 1.82) is 5.26 Å². The second-order valence-corrected chi connectivity index (χ2v) is 3.01. The quantitative estimate of drug-likeness (QED) is 0.568. The second kappa shape index (κ2) is 2.79. The molecule has 0 aromatic heterocycles. The van der Waals surface area contributed by atoms with Crippen LogP contribution in [0.25, 0.3) is 0 Å². The zero-order valence-corrected chi connectivity index (χ0v) is 6.89. The van der Waals surface area contributed by atoms with Crippen LogP contribution in [-0.4, -0.2) is 0 Å². The topological polar surface area (TPSA) is 49.8 Å². The average molecular weight is 148 g/mol. The van der Waals surface area contributed by atoms with E-state index in [1.165, 1.54) is 5.57 Å². The lowest BCUT2D eigenvalue weighted by molar-refractivity contribution is 0.732. The van der Waals surface area contributed by atoms with Crippen LogP contribution in [-0.2, 0) is 0 Å². The van der Waals surface area contributed by atoms with Gasteiger partial charge < -0.3 is 5.73 Å². The van der Waals surface area contributed by atoms with Gasteiger partial charge in [-0.05, 0) is 31.9 Å². The van der Waals surface area contributed by atoms with Gasteiger partial charge >= 0.3 is 0 Å². The van der Waals surface area contributed by atoms with E-state index in [0.29, 0.717) is 0 Å². The highest BCUT2D eigenvalue weighted by atomic mass is 14.6. The van der Waals surface area contributed by atoms with E-state index in [2.05, 4.69) is 6.07 Å². The van der Waals surface area contributed by atoms with E-state index in [1.807, 2.05) is 19.9 Å². The number of nitrogens with zero attached hydrogens (tertiary/aromatic N) is 1. The fourth-order valence-corrected chi connectivity index (χ4v) is 1.26. The van der Waals surface area contributed by atoms with E-state index in [9.17, 15) is 0 Å². The van der Waals surface area contributed by atoms with Crippen molar-refractivity contribution in [2.75, 3.05) is 0 Å². The number of rotatable bonds is 0. The summed E-state index contributed by atoms with van der Waals surface area (Å²) < 4.78 is 0. The lowest BCUT2D eigenvalue weighted by Crippen LogP contribution is -2.12. The first-order valence-corrected chi connectivity index (χ1v) is 3.68. The summed E-state index contributed by atoms with van der Waals surface area (Å²) in [5.74, 6) is -0.000000000000000444. The molecule has 11 heavy (non-hydrogen) atoms. The lowest BCUT2D eigenvalue weighted by Gasteiger charge is -2.17. The van der Waals surface area contributed by atoms with Gasteiger partial charge in [0.1, 0.15) is 0 Å². The van der Waals surface area contributed by atoms with Crippen molar-refractivity contribution in [1.82, 2.24) is 0 Å². The highest BCUT2D eigenvalue weighted by Crippen LogP contribution is 2.25. The molecule has 58 valence electrons. The van der Waals surface area contributed by atoms with E-state index in [0.717, 1.165) is 17.7 Å². The summed E-state index contributed by atoms with van der Waals surface area (Å²) >= 11 is 0. The number of hydrogen-bond donors (Lipinski definition) is 1. The van der Waals surface area contributed by atoms with Crippen LogP contribution >= 0.6 is 0 Å². The molecule has 1 rings (SSSR count). The van der Waals surface area contributed by atoms with Crippen molar-refractivity contribution in [3.05, 3.63) is 22.9 Å². The molecule has 0 saturated carbocycles. The Morgan fingerprint density at radius 3 is 2.82 bits per heavy atom. The predicted molar refractivity (Wildman–Crippen MR) is 44.4 cm³/mol. The first-order chi connectivity index (χ1) is 5.15. The second-order valence-electron chi connectivity index (χ2n) is 3.01. The van der Waals surface area contributed by atoms with Crippen LogP contribution in [0.15, 0.2) is 22.9 Å². The van der Waals surface area contributed by atoms with Crippen LogP contribution in [0.3, 0.4) is 0 Å². The molecule has 2 nitrogen and oxygen atoms in total. The molecule has 0 heterocycles. The van der Waals surface area contributed by atoms with Crippen molar-refractivity contribution in [2.45, 2.75) is 20.3 Å². The molecule has 1 atom stereocenters. The minimum Gasteiger partial charge on any atom is -0.399 e. The normalized spacial score (nSPS) is 24.5.